The molecule has 1 aliphatic rings. The minimum Gasteiger partial charge on any atom is -0.464 e. The number of esters is 1. The molecule has 3 aromatic rings. The van der Waals surface area contributed by atoms with Crippen LogP contribution in [0, 0.1) is 0 Å². The maximum Gasteiger partial charge on any atom is 0.358 e. The predicted molar refractivity (Wildman–Crippen MR) is 109 cm³/mol. The molecule has 0 bridgehead atoms. The second-order valence-electron chi connectivity index (χ2n) is 6.42. The van der Waals surface area contributed by atoms with Gasteiger partial charge in [-0.25, -0.2) is 9.78 Å². The molecular formula is C21H17N3O4S. The van der Waals surface area contributed by atoms with E-state index in [9.17, 15) is 14.4 Å². The van der Waals surface area contributed by atoms with Crippen LogP contribution in [0.25, 0.3) is 10.4 Å². The van der Waals surface area contributed by atoms with Crippen molar-refractivity contribution in [2.75, 3.05) is 12.4 Å². The number of thiazole rings is 1. The van der Waals surface area contributed by atoms with E-state index in [-0.39, 0.29) is 23.9 Å². The molecule has 0 fully saturated rings. The number of hydrogen-bond donors (Lipinski definition) is 2. The lowest BCUT2D eigenvalue weighted by atomic mass is 10.0. The molecule has 1 aliphatic heterocycles. The van der Waals surface area contributed by atoms with E-state index < -0.39 is 12.0 Å². The van der Waals surface area contributed by atoms with Crippen LogP contribution >= 0.6 is 11.3 Å². The summed E-state index contributed by atoms with van der Waals surface area (Å²) in [7, 11) is 1.29. The first-order chi connectivity index (χ1) is 14.1. The molecule has 7 nitrogen and oxygen atoms in total. The van der Waals surface area contributed by atoms with E-state index in [2.05, 4.69) is 15.6 Å². The van der Waals surface area contributed by atoms with E-state index >= 15 is 0 Å². The first kappa shape index (κ1) is 18.8. The van der Waals surface area contributed by atoms with Gasteiger partial charge in [0, 0.05) is 5.56 Å². The number of ether oxygens (including phenoxy) is 1. The largest absolute Gasteiger partial charge is 0.464 e. The van der Waals surface area contributed by atoms with Crippen molar-refractivity contribution in [3.8, 4) is 10.4 Å². The van der Waals surface area contributed by atoms with Crippen LogP contribution in [0.4, 0.5) is 5.13 Å². The van der Waals surface area contributed by atoms with Crippen LogP contribution in [0.5, 0.6) is 0 Å². The minimum atomic E-state index is -0.572. The number of carbonyl (C=O) groups is 3. The highest BCUT2D eigenvalue weighted by atomic mass is 32.1. The van der Waals surface area contributed by atoms with Crippen LogP contribution in [0.1, 0.15) is 38.9 Å². The highest BCUT2D eigenvalue weighted by Crippen LogP contribution is 2.34. The molecule has 0 unspecified atom stereocenters. The summed E-state index contributed by atoms with van der Waals surface area (Å²) in [4.78, 5) is 41.6. The molecule has 1 aromatic heterocycles. The maximum atomic E-state index is 12.6. The summed E-state index contributed by atoms with van der Waals surface area (Å²) in [6, 6.07) is 16.1. The third-order valence-corrected chi connectivity index (χ3v) is 5.58. The van der Waals surface area contributed by atoms with Gasteiger partial charge in [0.05, 0.1) is 24.4 Å². The smallest absolute Gasteiger partial charge is 0.358 e. The van der Waals surface area contributed by atoms with E-state index in [4.69, 9.17) is 4.74 Å². The Bertz CT molecular complexity index is 1090. The Morgan fingerprint density at radius 1 is 1.14 bits per heavy atom. The normalized spacial score (nSPS) is 14.8. The van der Waals surface area contributed by atoms with E-state index in [0.717, 1.165) is 11.1 Å². The van der Waals surface area contributed by atoms with E-state index in [0.29, 0.717) is 15.6 Å². The summed E-state index contributed by atoms with van der Waals surface area (Å²) in [5, 5.41) is 5.85. The van der Waals surface area contributed by atoms with Crippen molar-refractivity contribution in [2.24, 2.45) is 0 Å². The summed E-state index contributed by atoms with van der Waals surface area (Å²) in [5.74, 6) is -1.07. The lowest BCUT2D eigenvalue weighted by Crippen LogP contribution is -2.24. The van der Waals surface area contributed by atoms with E-state index in [1.165, 1.54) is 18.4 Å². The van der Waals surface area contributed by atoms with Gasteiger partial charge in [-0.15, -0.1) is 0 Å². The zero-order valence-electron chi connectivity index (χ0n) is 15.5. The third kappa shape index (κ3) is 3.74. The van der Waals surface area contributed by atoms with Gasteiger partial charge < -0.3 is 15.4 Å². The van der Waals surface area contributed by atoms with Crippen molar-refractivity contribution in [2.45, 2.75) is 12.5 Å². The van der Waals surface area contributed by atoms with Crippen molar-refractivity contribution in [3.63, 3.8) is 0 Å². The fourth-order valence-electron chi connectivity index (χ4n) is 3.23. The van der Waals surface area contributed by atoms with Crippen LogP contribution in [-0.4, -0.2) is 29.9 Å². The summed E-state index contributed by atoms with van der Waals surface area (Å²) < 4.78 is 4.82. The standard InChI is InChI=1S/C21H17N3O4S/c1-28-20(27)17-18(12-7-3-2-4-8-12)29-21(24-17)23-16(25)11-15-13-9-5-6-10-14(13)19(26)22-15/h2-10,15H,11H2,1H3,(H,22,26)(H,23,24,25)/t15-/m0/s1. The SMILES string of the molecule is COC(=O)c1nc(NC(=O)C[C@@H]2NC(=O)c3ccccc32)sc1-c1ccccc1. The van der Waals surface area contributed by atoms with Crippen LogP contribution in [0.2, 0.25) is 0 Å². The van der Waals surface area contributed by atoms with E-state index in [1.807, 2.05) is 42.5 Å². The fraction of sp³-hybridized carbons (Fsp3) is 0.143. The van der Waals surface area contributed by atoms with Gasteiger partial charge in [-0.2, -0.15) is 0 Å². The predicted octanol–water partition coefficient (Wildman–Crippen LogP) is 3.41. The molecule has 146 valence electrons. The van der Waals surface area contributed by atoms with Crippen molar-refractivity contribution in [3.05, 3.63) is 71.4 Å². The number of anilines is 1. The molecule has 2 heterocycles. The molecule has 0 spiro atoms. The zero-order valence-corrected chi connectivity index (χ0v) is 16.3. The van der Waals surface area contributed by atoms with Gasteiger partial charge in [-0.3, -0.25) is 9.59 Å². The Kier molecular flexibility index (Phi) is 5.09. The molecule has 8 heteroatoms. The Hall–Kier alpha value is -3.52. The lowest BCUT2D eigenvalue weighted by Gasteiger charge is -2.10. The van der Waals surface area contributed by atoms with Gasteiger partial charge >= 0.3 is 5.97 Å². The average Bonchev–Trinajstić information content (AvgIpc) is 3.30. The van der Waals surface area contributed by atoms with Gasteiger partial charge in [0.15, 0.2) is 10.8 Å². The molecule has 29 heavy (non-hydrogen) atoms. The Labute approximate surface area is 170 Å². The van der Waals surface area contributed by atoms with Crippen molar-refractivity contribution < 1.29 is 19.1 Å². The quantitative estimate of drug-likeness (QED) is 0.632. The Balaban J connectivity index is 1.54. The highest BCUT2D eigenvalue weighted by Gasteiger charge is 2.30. The van der Waals surface area contributed by atoms with Gasteiger partial charge in [0.2, 0.25) is 5.91 Å². The molecule has 2 aromatic carbocycles. The number of benzene rings is 2. The van der Waals surface area contributed by atoms with Gasteiger partial charge in [0.1, 0.15) is 0 Å². The molecule has 0 saturated heterocycles. The van der Waals surface area contributed by atoms with Gasteiger partial charge in [-0.1, -0.05) is 59.9 Å². The number of amides is 2. The number of hydrogen-bond acceptors (Lipinski definition) is 6. The molecule has 2 N–H and O–H groups in total. The summed E-state index contributed by atoms with van der Waals surface area (Å²) in [6.07, 6.45) is 0.0660. The summed E-state index contributed by atoms with van der Waals surface area (Å²) >= 11 is 1.20. The second kappa shape index (κ2) is 7.84. The number of aromatic nitrogens is 1. The topological polar surface area (TPSA) is 97.4 Å². The molecule has 4 rings (SSSR count). The lowest BCUT2D eigenvalue weighted by molar-refractivity contribution is -0.116. The number of rotatable bonds is 5. The molecule has 0 aliphatic carbocycles. The molecule has 1 atom stereocenters. The van der Waals surface area contributed by atoms with E-state index in [1.54, 1.807) is 12.1 Å². The van der Waals surface area contributed by atoms with Gasteiger partial charge in [-0.05, 0) is 17.2 Å². The molecule has 2 amide bonds. The fourth-order valence-corrected chi connectivity index (χ4v) is 4.21. The number of methoxy groups -OCH3 is 1. The van der Waals surface area contributed by atoms with Crippen LogP contribution in [-0.2, 0) is 9.53 Å². The van der Waals surface area contributed by atoms with Crippen molar-refractivity contribution >= 4 is 34.3 Å². The minimum absolute atomic E-state index is 0.0660. The third-order valence-electron chi connectivity index (χ3n) is 4.56. The molecular weight excluding hydrogens is 390 g/mol. The second-order valence-corrected chi connectivity index (χ2v) is 7.42. The summed E-state index contributed by atoms with van der Waals surface area (Å²) in [5.41, 5.74) is 2.34. The number of fused-ring (bicyclic) bond motifs is 1. The molecule has 0 radical (unpaired) electrons. The van der Waals surface area contributed by atoms with Gasteiger partial charge in [0.25, 0.3) is 5.91 Å². The molecule has 0 saturated carbocycles. The van der Waals surface area contributed by atoms with Crippen LogP contribution in [0.15, 0.2) is 54.6 Å². The first-order valence-corrected chi connectivity index (χ1v) is 9.72. The number of nitrogens with zero attached hydrogens (tertiary/aromatic N) is 1. The number of carbonyl (C=O) groups excluding carboxylic acids is 3. The number of nitrogens with one attached hydrogen (secondary N) is 2. The summed E-state index contributed by atoms with van der Waals surface area (Å²) in [6.45, 7) is 0. The Morgan fingerprint density at radius 2 is 1.86 bits per heavy atom. The van der Waals surface area contributed by atoms with Crippen molar-refractivity contribution in [1.82, 2.24) is 10.3 Å². The van der Waals surface area contributed by atoms with Crippen molar-refractivity contribution in [1.29, 1.82) is 0 Å². The maximum absolute atomic E-state index is 12.6. The van der Waals surface area contributed by atoms with Crippen LogP contribution < -0.4 is 10.6 Å². The zero-order chi connectivity index (χ0) is 20.4. The Morgan fingerprint density at radius 3 is 2.62 bits per heavy atom. The average molecular weight is 407 g/mol. The van der Waals surface area contributed by atoms with Crippen LogP contribution in [0.3, 0.4) is 0 Å². The monoisotopic (exact) mass is 407 g/mol. The highest BCUT2D eigenvalue weighted by molar-refractivity contribution is 7.19. The first-order valence-electron chi connectivity index (χ1n) is 8.91.